The van der Waals surface area contributed by atoms with Crippen molar-refractivity contribution in [2.45, 2.75) is 0 Å². The number of aromatic hydroxyl groups is 1. The molecule has 0 aliphatic carbocycles. The Hall–Kier alpha value is -1.23. The van der Waals surface area contributed by atoms with Crippen LogP contribution in [0.2, 0.25) is 10.0 Å². The zero-order chi connectivity index (χ0) is 13.8. The fraction of sp³-hybridized carbons (Fsp3) is 0. The number of hydrogen-bond acceptors (Lipinski definition) is 3. The molecule has 0 aromatic heterocycles. The van der Waals surface area contributed by atoms with E-state index in [1.807, 2.05) is 30.3 Å². The first kappa shape index (κ1) is 14.2. The second-order valence-electron chi connectivity index (χ2n) is 3.66. The van der Waals surface area contributed by atoms with E-state index in [2.05, 4.69) is 26.5 Å². The molecule has 0 unspecified atom stereocenters. The molecule has 2 aromatic rings. The van der Waals surface area contributed by atoms with Gasteiger partial charge in [-0.25, -0.2) is 0 Å². The lowest BCUT2D eigenvalue weighted by atomic mass is 10.2. The van der Waals surface area contributed by atoms with Crippen molar-refractivity contribution in [3.8, 4) is 5.75 Å². The van der Waals surface area contributed by atoms with Crippen LogP contribution in [0.15, 0.2) is 46.0 Å². The molecule has 0 amide bonds. The molecule has 0 atom stereocenters. The van der Waals surface area contributed by atoms with E-state index in [1.54, 1.807) is 6.07 Å². The van der Waals surface area contributed by atoms with Gasteiger partial charge in [0.15, 0.2) is 0 Å². The summed E-state index contributed by atoms with van der Waals surface area (Å²) in [7, 11) is 0. The van der Waals surface area contributed by atoms with E-state index in [9.17, 15) is 5.11 Å². The van der Waals surface area contributed by atoms with Crippen molar-refractivity contribution in [2.75, 3.05) is 5.43 Å². The molecule has 0 radical (unpaired) electrons. The summed E-state index contributed by atoms with van der Waals surface area (Å²) in [4.78, 5) is 0. The van der Waals surface area contributed by atoms with Crippen LogP contribution in [0.5, 0.6) is 5.75 Å². The average molecular weight is 360 g/mol. The number of hydrogen-bond donors (Lipinski definition) is 2. The van der Waals surface area contributed by atoms with Gasteiger partial charge in [-0.2, -0.15) is 5.10 Å². The van der Waals surface area contributed by atoms with Crippen molar-refractivity contribution in [2.24, 2.45) is 5.10 Å². The summed E-state index contributed by atoms with van der Waals surface area (Å²) in [5.41, 5.74) is 4.15. The van der Waals surface area contributed by atoms with Crippen molar-refractivity contribution in [3.05, 3.63) is 56.5 Å². The van der Waals surface area contributed by atoms with Gasteiger partial charge in [-0.05, 0) is 34.1 Å². The third-order valence-electron chi connectivity index (χ3n) is 2.34. The SMILES string of the molecule is Oc1c(C=NNc2ccccc2)cc(Br)c(Cl)c1Cl. The van der Waals surface area contributed by atoms with Gasteiger partial charge in [-0.1, -0.05) is 41.4 Å². The minimum absolute atomic E-state index is 0.0946. The third kappa shape index (κ3) is 3.41. The van der Waals surface area contributed by atoms with E-state index in [4.69, 9.17) is 23.2 Å². The Morgan fingerprint density at radius 2 is 1.84 bits per heavy atom. The molecule has 0 saturated heterocycles. The van der Waals surface area contributed by atoms with Crippen LogP contribution < -0.4 is 5.43 Å². The van der Waals surface area contributed by atoms with Crippen LogP contribution in [0.1, 0.15) is 5.56 Å². The highest BCUT2D eigenvalue weighted by molar-refractivity contribution is 9.10. The molecule has 2 N–H and O–H groups in total. The summed E-state index contributed by atoms with van der Waals surface area (Å²) in [6.07, 6.45) is 1.47. The number of hydrazone groups is 1. The molecule has 0 spiro atoms. The van der Waals surface area contributed by atoms with E-state index in [-0.39, 0.29) is 15.8 Å². The summed E-state index contributed by atoms with van der Waals surface area (Å²) in [6.45, 7) is 0. The van der Waals surface area contributed by atoms with E-state index in [1.165, 1.54) is 6.21 Å². The Morgan fingerprint density at radius 3 is 2.53 bits per heavy atom. The normalized spacial score (nSPS) is 10.9. The van der Waals surface area contributed by atoms with Gasteiger partial charge < -0.3 is 5.11 Å². The fourth-order valence-corrected chi connectivity index (χ4v) is 2.31. The van der Waals surface area contributed by atoms with Gasteiger partial charge in [-0.3, -0.25) is 5.43 Å². The minimum atomic E-state index is -0.103. The van der Waals surface area contributed by atoms with Crippen LogP contribution in [0.4, 0.5) is 5.69 Å². The first-order valence-electron chi connectivity index (χ1n) is 5.30. The number of benzene rings is 2. The molecule has 19 heavy (non-hydrogen) atoms. The highest BCUT2D eigenvalue weighted by Gasteiger charge is 2.12. The van der Waals surface area contributed by atoms with Gasteiger partial charge in [-0.15, -0.1) is 0 Å². The Morgan fingerprint density at radius 1 is 1.16 bits per heavy atom. The van der Waals surface area contributed by atoms with Crippen molar-refractivity contribution < 1.29 is 5.11 Å². The average Bonchev–Trinajstić information content (AvgIpc) is 2.43. The Labute approximate surface area is 129 Å². The maximum atomic E-state index is 9.84. The Kier molecular flexibility index (Phi) is 4.69. The zero-order valence-electron chi connectivity index (χ0n) is 9.57. The second-order valence-corrected chi connectivity index (χ2v) is 5.27. The van der Waals surface area contributed by atoms with Gasteiger partial charge in [0.2, 0.25) is 0 Å². The highest BCUT2D eigenvalue weighted by Crippen LogP contribution is 2.38. The van der Waals surface area contributed by atoms with E-state index >= 15 is 0 Å². The van der Waals surface area contributed by atoms with Gasteiger partial charge in [0.1, 0.15) is 10.8 Å². The number of halogens is 3. The topological polar surface area (TPSA) is 44.6 Å². The van der Waals surface area contributed by atoms with E-state index in [0.29, 0.717) is 10.0 Å². The van der Waals surface area contributed by atoms with Crippen molar-refractivity contribution in [1.29, 1.82) is 0 Å². The lowest BCUT2D eigenvalue weighted by molar-refractivity contribution is 0.474. The van der Waals surface area contributed by atoms with Gasteiger partial charge in [0.25, 0.3) is 0 Å². The number of phenolic OH excluding ortho intramolecular Hbond substituents is 1. The summed E-state index contributed by atoms with van der Waals surface area (Å²) < 4.78 is 0.595. The fourth-order valence-electron chi connectivity index (χ4n) is 1.39. The largest absolute Gasteiger partial charge is 0.506 e. The number of nitrogens with one attached hydrogen (secondary N) is 1. The van der Waals surface area contributed by atoms with Crippen LogP contribution >= 0.6 is 39.1 Å². The van der Waals surface area contributed by atoms with Crippen LogP contribution in [0.3, 0.4) is 0 Å². The van der Waals surface area contributed by atoms with E-state index in [0.717, 1.165) is 5.69 Å². The smallest absolute Gasteiger partial charge is 0.144 e. The number of anilines is 1. The van der Waals surface area contributed by atoms with Crippen molar-refractivity contribution >= 4 is 51.0 Å². The Bertz CT molecular complexity index is 618. The summed E-state index contributed by atoms with van der Waals surface area (Å²) >= 11 is 15.0. The van der Waals surface area contributed by atoms with Gasteiger partial charge >= 0.3 is 0 Å². The standard InChI is InChI=1S/C13H9BrCl2N2O/c14-10-6-8(13(19)12(16)11(10)15)7-17-18-9-4-2-1-3-5-9/h1-7,18-19H. The highest BCUT2D eigenvalue weighted by atomic mass is 79.9. The lowest BCUT2D eigenvalue weighted by Crippen LogP contribution is -1.91. The van der Waals surface area contributed by atoms with Crippen molar-refractivity contribution in [1.82, 2.24) is 0 Å². The predicted molar refractivity (Wildman–Crippen MR) is 83.5 cm³/mol. The quantitative estimate of drug-likeness (QED) is 0.464. The van der Waals surface area contributed by atoms with Gasteiger partial charge in [0.05, 0.1) is 16.9 Å². The molecule has 0 aliphatic heterocycles. The zero-order valence-corrected chi connectivity index (χ0v) is 12.7. The maximum Gasteiger partial charge on any atom is 0.144 e. The summed E-state index contributed by atoms with van der Waals surface area (Å²) in [5, 5.41) is 14.2. The first-order valence-corrected chi connectivity index (χ1v) is 6.85. The molecule has 0 fully saturated rings. The minimum Gasteiger partial charge on any atom is -0.506 e. The predicted octanol–water partition coefficient (Wildman–Crippen LogP) is 4.91. The van der Waals surface area contributed by atoms with Crippen LogP contribution in [-0.2, 0) is 0 Å². The number of nitrogens with zero attached hydrogens (tertiary/aromatic N) is 1. The molecule has 0 aliphatic rings. The molecule has 0 saturated carbocycles. The second kappa shape index (κ2) is 6.28. The molecule has 2 rings (SSSR count). The van der Waals surface area contributed by atoms with E-state index < -0.39 is 0 Å². The number of rotatable bonds is 3. The summed E-state index contributed by atoms with van der Waals surface area (Å²) in [6, 6.07) is 11.1. The van der Waals surface area contributed by atoms with Gasteiger partial charge in [0, 0.05) is 10.0 Å². The third-order valence-corrected chi connectivity index (χ3v) is 4.05. The molecule has 0 heterocycles. The molecular formula is C13H9BrCl2N2O. The molecular weight excluding hydrogens is 351 g/mol. The first-order chi connectivity index (χ1) is 9.09. The molecule has 0 bridgehead atoms. The lowest BCUT2D eigenvalue weighted by Gasteiger charge is -2.06. The molecule has 98 valence electrons. The molecule has 3 nitrogen and oxygen atoms in total. The summed E-state index contributed by atoms with van der Waals surface area (Å²) in [5.74, 6) is -0.103. The van der Waals surface area contributed by atoms with Crippen LogP contribution in [0, 0.1) is 0 Å². The molecule has 2 aromatic carbocycles. The number of para-hydroxylation sites is 1. The van der Waals surface area contributed by atoms with Crippen LogP contribution in [-0.4, -0.2) is 11.3 Å². The Balaban J connectivity index is 2.20. The monoisotopic (exact) mass is 358 g/mol. The van der Waals surface area contributed by atoms with Crippen LogP contribution in [0.25, 0.3) is 0 Å². The number of phenols is 1. The molecule has 6 heteroatoms. The maximum absolute atomic E-state index is 9.84. The van der Waals surface area contributed by atoms with Crippen molar-refractivity contribution in [3.63, 3.8) is 0 Å².